The summed E-state index contributed by atoms with van der Waals surface area (Å²) >= 11 is 0. The molecule has 3 heterocycles. The van der Waals surface area contributed by atoms with E-state index in [-0.39, 0.29) is 24.1 Å². The van der Waals surface area contributed by atoms with Crippen molar-refractivity contribution in [1.82, 2.24) is 9.78 Å². The van der Waals surface area contributed by atoms with Crippen molar-refractivity contribution < 1.29 is 9.53 Å². The van der Waals surface area contributed by atoms with E-state index in [1.165, 1.54) is 0 Å². The minimum atomic E-state index is -0.369. The van der Waals surface area contributed by atoms with Crippen LogP contribution in [0.1, 0.15) is 19.8 Å². The number of carbonyl (C=O) groups is 1. The van der Waals surface area contributed by atoms with Crippen LogP contribution in [0.2, 0.25) is 0 Å². The summed E-state index contributed by atoms with van der Waals surface area (Å²) in [7, 11) is 0. The first-order chi connectivity index (χ1) is 8.66. The second-order valence-electron chi connectivity index (χ2n) is 5.03. The van der Waals surface area contributed by atoms with Crippen LogP contribution in [0.3, 0.4) is 0 Å². The van der Waals surface area contributed by atoms with Crippen LogP contribution in [0.5, 0.6) is 0 Å². The maximum absolute atomic E-state index is 11.7. The molecule has 2 aliphatic heterocycles. The number of aromatic nitrogens is 2. The largest absolute Gasteiger partial charge is 0.376 e. The second-order valence-corrected chi connectivity index (χ2v) is 5.03. The molecule has 6 nitrogen and oxygen atoms in total. The number of β-lactam (4-membered cyclic amide) rings is 1. The lowest BCUT2D eigenvalue weighted by atomic mass is 9.97. The summed E-state index contributed by atoms with van der Waals surface area (Å²) < 4.78 is 7.41. The molecule has 98 valence electrons. The van der Waals surface area contributed by atoms with Crippen LogP contribution < -0.4 is 10.6 Å². The Morgan fingerprint density at radius 2 is 2.44 bits per heavy atom. The van der Waals surface area contributed by atoms with E-state index < -0.39 is 0 Å². The maximum atomic E-state index is 11.7. The molecule has 0 unspecified atom stereocenters. The highest BCUT2D eigenvalue weighted by Gasteiger charge is 2.43. The number of nitrogens with zero attached hydrogens (tertiary/aromatic N) is 3. The van der Waals surface area contributed by atoms with Gasteiger partial charge in [0.15, 0.2) is 0 Å². The molecule has 0 radical (unpaired) electrons. The Balaban J connectivity index is 1.68. The van der Waals surface area contributed by atoms with Crippen molar-refractivity contribution in [2.24, 2.45) is 5.73 Å². The molecule has 1 amide bonds. The molecule has 2 saturated heterocycles. The van der Waals surface area contributed by atoms with Crippen molar-refractivity contribution in [3.8, 4) is 0 Å². The van der Waals surface area contributed by atoms with E-state index >= 15 is 0 Å². The molecule has 2 fully saturated rings. The number of ether oxygens (including phenoxy) is 1. The molecule has 0 spiro atoms. The van der Waals surface area contributed by atoms with E-state index in [2.05, 4.69) is 5.10 Å². The Hall–Kier alpha value is -1.40. The summed E-state index contributed by atoms with van der Waals surface area (Å²) in [5.41, 5.74) is 6.52. The summed E-state index contributed by atoms with van der Waals surface area (Å²) in [6, 6.07) is -0.315. The fraction of sp³-hybridized carbons (Fsp3) is 0.667. The molecular formula is C12H18N4O2. The monoisotopic (exact) mass is 250 g/mol. The minimum Gasteiger partial charge on any atom is -0.376 e. The summed E-state index contributed by atoms with van der Waals surface area (Å²) in [6.07, 6.45) is 6.07. The highest BCUT2D eigenvalue weighted by molar-refractivity contribution is 6.05. The number of anilines is 1. The van der Waals surface area contributed by atoms with Gasteiger partial charge in [0, 0.05) is 12.8 Å². The van der Waals surface area contributed by atoms with E-state index in [1.807, 2.05) is 17.8 Å². The van der Waals surface area contributed by atoms with Gasteiger partial charge in [-0.25, -0.2) is 0 Å². The molecule has 2 N–H and O–H groups in total. The number of amides is 1. The fourth-order valence-corrected chi connectivity index (χ4v) is 2.58. The molecule has 6 heteroatoms. The third-order valence-electron chi connectivity index (χ3n) is 3.76. The lowest BCUT2D eigenvalue weighted by Gasteiger charge is -2.42. The molecule has 0 saturated carbocycles. The van der Waals surface area contributed by atoms with E-state index in [1.54, 1.807) is 11.1 Å². The van der Waals surface area contributed by atoms with Gasteiger partial charge in [-0.05, 0) is 19.8 Å². The van der Waals surface area contributed by atoms with Crippen LogP contribution in [0.4, 0.5) is 5.69 Å². The van der Waals surface area contributed by atoms with Gasteiger partial charge in [0.05, 0.1) is 30.6 Å². The first kappa shape index (κ1) is 11.7. The van der Waals surface area contributed by atoms with Crippen LogP contribution in [-0.4, -0.2) is 40.5 Å². The Morgan fingerprint density at radius 3 is 3.11 bits per heavy atom. The van der Waals surface area contributed by atoms with Gasteiger partial charge in [-0.2, -0.15) is 5.10 Å². The summed E-state index contributed by atoms with van der Waals surface area (Å²) in [5.74, 6) is -0.0285. The molecule has 3 atom stereocenters. The summed E-state index contributed by atoms with van der Waals surface area (Å²) in [6.45, 7) is 3.54. The zero-order valence-electron chi connectivity index (χ0n) is 10.5. The molecule has 0 aliphatic carbocycles. The van der Waals surface area contributed by atoms with Gasteiger partial charge in [0.25, 0.3) is 0 Å². The predicted octanol–water partition coefficient (Wildman–Crippen LogP) is 0.124. The van der Waals surface area contributed by atoms with Crippen LogP contribution in [0, 0.1) is 0 Å². The summed E-state index contributed by atoms with van der Waals surface area (Å²) in [4.78, 5) is 13.4. The van der Waals surface area contributed by atoms with Gasteiger partial charge in [0.2, 0.25) is 5.91 Å². The van der Waals surface area contributed by atoms with Crippen LogP contribution in [-0.2, 0) is 16.1 Å². The normalized spacial score (nSPS) is 31.8. The Bertz CT molecular complexity index is 453. The van der Waals surface area contributed by atoms with Gasteiger partial charge in [-0.3, -0.25) is 9.48 Å². The number of rotatable bonds is 3. The molecule has 0 bridgehead atoms. The van der Waals surface area contributed by atoms with Crippen LogP contribution in [0.15, 0.2) is 12.4 Å². The average molecular weight is 250 g/mol. The first-order valence-corrected chi connectivity index (χ1v) is 6.39. The van der Waals surface area contributed by atoms with E-state index in [9.17, 15) is 4.79 Å². The number of hydrogen-bond acceptors (Lipinski definition) is 4. The first-order valence-electron chi connectivity index (χ1n) is 6.39. The van der Waals surface area contributed by atoms with Crippen molar-refractivity contribution in [1.29, 1.82) is 0 Å². The van der Waals surface area contributed by atoms with Crippen molar-refractivity contribution in [3.63, 3.8) is 0 Å². The Morgan fingerprint density at radius 1 is 1.61 bits per heavy atom. The third-order valence-corrected chi connectivity index (χ3v) is 3.76. The summed E-state index contributed by atoms with van der Waals surface area (Å²) in [5, 5.41) is 4.28. The standard InChI is InChI=1S/C12H18N4O2/c1-8-11(13)12(17)16(8)9-5-14-15(6-9)7-10-3-2-4-18-10/h5-6,8,10-11H,2-4,7,13H2,1H3/t8-,10-,11-/m0/s1. The highest BCUT2D eigenvalue weighted by atomic mass is 16.5. The van der Waals surface area contributed by atoms with Gasteiger partial charge in [0.1, 0.15) is 6.04 Å². The lowest BCUT2D eigenvalue weighted by molar-refractivity contribution is -0.125. The molecule has 1 aromatic heterocycles. The van der Waals surface area contributed by atoms with Crippen molar-refractivity contribution in [3.05, 3.63) is 12.4 Å². The number of carbonyl (C=O) groups excluding carboxylic acids is 1. The zero-order valence-corrected chi connectivity index (χ0v) is 10.5. The average Bonchev–Trinajstić information content (AvgIpc) is 3.02. The number of nitrogens with two attached hydrogens (primary N) is 1. The predicted molar refractivity (Wildman–Crippen MR) is 66.1 cm³/mol. The van der Waals surface area contributed by atoms with Gasteiger partial charge < -0.3 is 15.4 Å². The van der Waals surface area contributed by atoms with Crippen molar-refractivity contribution >= 4 is 11.6 Å². The highest BCUT2D eigenvalue weighted by Crippen LogP contribution is 2.26. The van der Waals surface area contributed by atoms with Gasteiger partial charge in [-0.15, -0.1) is 0 Å². The SMILES string of the molecule is C[C@H]1[C@H](N)C(=O)N1c1cnn(C[C@@H]2CCCO2)c1. The van der Waals surface area contributed by atoms with Crippen molar-refractivity contribution in [2.45, 2.75) is 44.5 Å². The van der Waals surface area contributed by atoms with Crippen LogP contribution in [0.25, 0.3) is 0 Å². The fourth-order valence-electron chi connectivity index (χ4n) is 2.58. The maximum Gasteiger partial charge on any atom is 0.246 e. The van der Waals surface area contributed by atoms with Crippen molar-refractivity contribution in [2.75, 3.05) is 11.5 Å². The Labute approximate surface area is 106 Å². The molecule has 0 aromatic carbocycles. The topological polar surface area (TPSA) is 73.4 Å². The molecule has 18 heavy (non-hydrogen) atoms. The van der Waals surface area contributed by atoms with E-state index in [0.717, 1.165) is 31.7 Å². The second kappa shape index (κ2) is 4.37. The quantitative estimate of drug-likeness (QED) is 0.774. The lowest BCUT2D eigenvalue weighted by Crippen LogP contribution is -2.67. The van der Waals surface area contributed by atoms with Gasteiger partial charge >= 0.3 is 0 Å². The van der Waals surface area contributed by atoms with Crippen LogP contribution >= 0.6 is 0 Å². The molecular weight excluding hydrogens is 232 g/mol. The van der Waals surface area contributed by atoms with E-state index in [4.69, 9.17) is 10.5 Å². The zero-order chi connectivity index (χ0) is 12.7. The van der Waals surface area contributed by atoms with E-state index in [0.29, 0.717) is 0 Å². The van der Waals surface area contributed by atoms with Gasteiger partial charge in [-0.1, -0.05) is 0 Å². The molecule has 1 aromatic rings. The molecule has 2 aliphatic rings. The number of hydrogen-bond donors (Lipinski definition) is 1. The Kier molecular flexibility index (Phi) is 2.83. The minimum absolute atomic E-state index is 0.0285. The third kappa shape index (κ3) is 1.81. The smallest absolute Gasteiger partial charge is 0.246 e. The molecule has 3 rings (SSSR count).